The Morgan fingerprint density at radius 2 is 0.898 bits per heavy atom. The van der Waals surface area contributed by atoms with Gasteiger partial charge in [-0.05, 0) is 59.0 Å². The molecule has 0 aliphatic heterocycles. The van der Waals surface area contributed by atoms with Gasteiger partial charge in [0.25, 0.3) is 0 Å². The standard InChI is InChI=1S/C49H35N3.C7H8/c50-41-30-15-13-28-39(41)48(51)37-26-17-27-38(32-37)52-42-31-16-14-29-40(42)47-45(35-22-9-3-10-23-35)43(33-18-5-1-6-19-33)44(34-20-7-2-8-21-34)46(49(47)52)36-24-11-4-12-25-36;1-7-5-3-2-4-6-7/h1-32,51H,50H2;2-6H,1H3. The Morgan fingerprint density at radius 1 is 0.441 bits per heavy atom. The molecule has 282 valence electrons. The molecule has 0 atom stereocenters. The summed E-state index contributed by atoms with van der Waals surface area (Å²) in [5, 5.41) is 11.6. The van der Waals surface area contributed by atoms with Crippen LogP contribution < -0.4 is 5.73 Å². The van der Waals surface area contributed by atoms with Gasteiger partial charge in [0.15, 0.2) is 0 Å². The maximum absolute atomic E-state index is 9.26. The number of nitrogen functional groups attached to an aromatic ring is 1. The smallest absolute Gasteiger partial charge is 0.0705 e. The molecule has 3 N–H and O–H groups in total. The van der Waals surface area contributed by atoms with E-state index >= 15 is 0 Å². The second-order valence-electron chi connectivity index (χ2n) is 14.7. The Morgan fingerprint density at radius 3 is 1.44 bits per heavy atom. The summed E-state index contributed by atoms with van der Waals surface area (Å²) in [6, 6.07) is 78.2. The monoisotopic (exact) mass is 757 g/mol. The van der Waals surface area contributed by atoms with Crippen molar-refractivity contribution in [3.05, 3.63) is 241 Å². The van der Waals surface area contributed by atoms with E-state index in [0.717, 1.165) is 61.1 Å². The first-order valence-corrected chi connectivity index (χ1v) is 20.0. The number of para-hydroxylation sites is 2. The number of hydrogen-bond acceptors (Lipinski definition) is 2. The minimum Gasteiger partial charge on any atom is -0.398 e. The third-order valence-corrected chi connectivity index (χ3v) is 10.9. The topological polar surface area (TPSA) is 54.8 Å². The summed E-state index contributed by atoms with van der Waals surface area (Å²) in [7, 11) is 0. The van der Waals surface area contributed by atoms with Crippen LogP contribution in [0.5, 0.6) is 0 Å². The Bertz CT molecular complexity index is 3040. The second-order valence-corrected chi connectivity index (χ2v) is 14.7. The van der Waals surface area contributed by atoms with Gasteiger partial charge in [-0.15, -0.1) is 0 Å². The van der Waals surface area contributed by atoms with Gasteiger partial charge in [0.1, 0.15) is 0 Å². The van der Waals surface area contributed by atoms with Crippen LogP contribution in [-0.2, 0) is 0 Å². The molecule has 0 saturated heterocycles. The molecule has 3 nitrogen and oxygen atoms in total. The summed E-state index contributed by atoms with van der Waals surface area (Å²) >= 11 is 0. The van der Waals surface area contributed by atoms with Crippen LogP contribution in [0, 0.1) is 12.3 Å². The lowest BCUT2D eigenvalue weighted by Crippen LogP contribution is -2.06. The summed E-state index contributed by atoms with van der Waals surface area (Å²) in [5.74, 6) is 0. The van der Waals surface area contributed by atoms with Crippen molar-refractivity contribution in [3.8, 4) is 50.2 Å². The first kappa shape index (κ1) is 36.9. The first-order valence-electron chi connectivity index (χ1n) is 20.0. The average molecular weight is 758 g/mol. The van der Waals surface area contributed by atoms with Crippen molar-refractivity contribution < 1.29 is 0 Å². The molecule has 0 radical (unpaired) electrons. The zero-order valence-electron chi connectivity index (χ0n) is 32.9. The van der Waals surface area contributed by atoms with E-state index in [1.807, 2.05) is 48.5 Å². The van der Waals surface area contributed by atoms with Crippen molar-refractivity contribution in [2.75, 3.05) is 5.73 Å². The summed E-state index contributed by atoms with van der Waals surface area (Å²) in [6.45, 7) is 2.08. The van der Waals surface area contributed by atoms with E-state index in [2.05, 4.69) is 187 Å². The number of aromatic nitrogens is 1. The Balaban J connectivity index is 0.000000583. The normalized spacial score (nSPS) is 10.9. The van der Waals surface area contributed by atoms with Crippen LogP contribution in [0.4, 0.5) is 5.69 Å². The molecule has 0 spiro atoms. The van der Waals surface area contributed by atoms with Gasteiger partial charge in [-0.3, -0.25) is 5.41 Å². The number of benzene rings is 9. The van der Waals surface area contributed by atoms with Gasteiger partial charge in [0.05, 0.1) is 16.7 Å². The van der Waals surface area contributed by atoms with Crippen molar-refractivity contribution in [1.29, 1.82) is 5.41 Å². The average Bonchev–Trinajstić information content (AvgIpc) is 3.64. The van der Waals surface area contributed by atoms with Crippen LogP contribution in [0.3, 0.4) is 0 Å². The SMILES string of the molecule is Cc1ccccc1.N=C(c1cccc(-n2c3ccccc3c3c(-c4ccccc4)c(-c4ccccc4)c(-c4ccccc4)c(-c4ccccc4)c32)c1)c1ccccc1N. The van der Waals surface area contributed by atoms with Gasteiger partial charge in [-0.1, -0.05) is 206 Å². The maximum Gasteiger partial charge on any atom is 0.0705 e. The van der Waals surface area contributed by atoms with Gasteiger partial charge in [-0.2, -0.15) is 0 Å². The zero-order chi connectivity index (χ0) is 40.1. The van der Waals surface area contributed by atoms with Crippen molar-refractivity contribution in [2.24, 2.45) is 0 Å². The van der Waals surface area contributed by atoms with Crippen LogP contribution in [0.15, 0.2) is 224 Å². The van der Waals surface area contributed by atoms with E-state index in [9.17, 15) is 5.41 Å². The lowest BCUT2D eigenvalue weighted by molar-refractivity contribution is 1.18. The molecule has 10 rings (SSSR count). The summed E-state index contributed by atoms with van der Waals surface area (Å²) in [5.41, 5.74) is 22.7. The van der Waals surface area contributed by atoms with E-state index < -0.39 is 0 Å². The number of hydrogen-bond donors (Lipinski definition) is 2. The highest BCUT2D eigenvalue weighted by molar-refractivity contribution is 6.26. The van der Waals surface area contributed by atoms with Crippen molar-refractivity contribution in [2.45, 2.75) is 6.92 Å². The Labute approximate surface area is 345 Å². The van der Waals surface area contributed by atoms with Gasteiger partial charge in [-0.25, -0.2) is 0 Å². The minimum absolute atomic E-state index is 0.394. The third-order valence-electron chi connectivity index (χ3n) is 10.9. The molecule has 3 heteroatoms. The summed E-state index contributed by atoms with van der Waals surface area (Å²) in [4.78, 5) is 0. The van der Waals surface area contributed by atoms with Gasteiger partial charge in [0.2, 0.25) is 0 Å². The summed E-state index contributed by atoms with van der Waals surface area (Å²) < 4.78 is 2.41. The number of aryl methyl sites for hydroxylation is 1. The lowest BCUT2D eigenvalue weighted by Gasteiger charge is -2.24. The molecule has 0 unspecified atom stereocenters. The van der Waals surface area contributed by atoms with E-state index in [0.29, 0.717) is 11.4 Å². The fraction of sp³-hybridized carbons (Fsp3) is 0.0179. The minimum atomic E-state index is 0.394. The van der Waals surface area contributed by atoms with Gasteiger partial charge >= 0.3 is 0 Å². The predicted octanol–water partition coefficient (Wildman–Crippen LogP) is 14.4. The fourth-order valence-corrected chi connectivity index (χ4v) is 8.27. The number of rotatable bonds is 7. The second kappa shape index (κ2) is 16.4. The van der Waals surface area contributed by atoms with E-state index in [-0.39, 0.29) is 0 Å². The van der Waals surface area contributed by atoms with Crippen LogP contribution in [0.25, 0.3) is 72.0 Å². The molecule has 9 aromatic carbocycles. The number of fused-ring (bicyclic) bond motifs is 3. The molecule has 0 saturated carbocycles. The highest BCUT2D eigenvalue weighted by atomic mass is 15.0. The molecule has 0 amide bonds. The molecule has 0 aliphatic rings. The van der Waals surface area contributed by atoms with Crippen LogP contribution in [-0.4, -0.2) is 10.3 Å². The molecule has 0 aliphatic carbocycles. The molecule has 59 heavy (non-hydrogen) atoms. The van der Waals surface area contributed by atoms with Crippen molar-refractivity contribution in [1.82, 2.24) is 4.57 Å². The largest absolute Gasteiger partial charge is 0.398 e. The molecule has 10 aromatic rings. The number of nitrogens with two attached hydrogens (primary N) is 1. The molecule has 0 fully saturated rings. The van der Waals surface area contributed by atoms with E-state index in [4.69, 9.17) is 5.73 Å². The third kappa shape index (κ3) is 7.11. The van der Waals surface area contributed by atoms with E-state index in [1.54, 1.807) is 0 Å². The molecule has 0 bridgehead atoms. The molecular formula is C56H43N3. The van der Waals surface area contributed by atoms with Gasteiger partial charge < -0.3 is 10.3 Å². The number of nitrogens with one attached hydrogen (secondary N) is 1. The number of nitrogens with zero attached hydrogens (tertiary/aromatic N) is 1. The summed E-state index contributed by atoms with van der Waals surface area (Å²) in [6.07, 6.45) is 0. The first-order chi connectivity index (χ1) is 29.1. The highest BCUT2D eigenvalue weighted by Gasteiger charge is 2.29. The van der Waals surface area contributed by atoms with Crippen LogP contribution in [0.1, 0.15) is 16.7 Å². The lowest BCUT2D eigenvalue weighted by atomic mass is 9.80. The quantitative estimate of drug-likeness (QED) is 0.123. The number of anilines is 1. The molecule has 1 heterocycles. The fourth-order valence-electron chi connectivity index (χ4n) is 8.27. The molecule has 1 aromatic heterocycles. The Kier molecular flexibility index (Phi) is 10.2. The van der Waals surface area contributed by atoms with Gasteiger partial charge in [0, 0.05) is 50.0 Å². The van der Waals surface area contributed by atoms with Crippen LogP contribution in [0.2, 0.25) is 0 Å². The van der Waals surface area contributed by atoms with Crippen LogP contribution >= 0.6 is 0 Å². The molecular weight excluding hydrogens is 715 g/mol. The predicted molar refractivity (Wildman–Crippen MR) is 250 cm³/mol. The van der Waals surface area contributed by atoms with Crippen molar-refractivity contribution >= 4 is 33.2 Å². The van der Waals surface area contributed by atoms with Crippen molar-refractivity contribution in [3.63, 3.8) is 0 Å². The zero-order valence-corrected chi connectivity index (χ0v) is 32.9. The van der Waals surface area contributed by atoms with E-state index in [1.165, 1.54) is 27.6 Å². The Hall–Kier alpha value is -7.75. The highest BCUT2D eigenvalue weighted by Crippen LogP contribution is 2.53. The maximum atomic E-state index is 9.26.